The maximum atomic E-state index is 13.9. The number of aromatic nitrogens is 2. The molecule has 2 heterocycles. The van der Waals surface area contributed by atoms with Crippen LogP contribution in [0.5, 0.6) is 0 Å². The molecule has 0 aliphatic carbocycles. The lowest BCUT2D eigenvalue weighted by molar-refractivity contribution is 0.466. The van der Waals surface area contributed by atoms with Crippen molar-refractivity contribution in [1.29, 1.82) is 0 Å². The van der Waals surface area contributed by atoms with Gasteiger partial charge in [0.1, 0.15) is 16.5 Å². The third-order valence-electron chi connectivity index (χ3n) is 4.41. The zero-order valence-electron chi connectivity index (χ0n) is 13.7. The fourth-order valence-corrected chi connectivity index (χ4v) is 3.07. The van der Waals surface area contributed by atoms with E-state index >= 15 is 0 Å². The molecule has 1 aliphatic heterocycles. The van der Waals surface area contributed by atoms with Gasteiger partial charge in [-0.2, -0.15) is 9.78 Å². The number of rotatable bonds is 4. The lowest BCUT2D eigenvalue weighted by Crippen LogP contribution is -2.31. The lowest BCUT2D eigenvalue weighted by atomic mass is 9.97. The molecule has 3 rings (SSSR count). The Balaban J connectivity index is 1.84. The minimum atomic E-state index is -0.892. The van der Waals surface area contributed by atoms with Crippen LogP contribution in [-0.4, -0.2) is 28.4 Å². The summed E-state index contributed by atoms with van der Waals surface area (Å²) in [5, 5.41) is 6.96. The highest BCUT2D eigenvalue weighted by Crippen LogP contribution is 2.21. The van der Waals surface area contributed by atoms with E-state index in [0.29, 0.717) is 18.3 Å². The van der Waals surface area contributed by atoms with Crippen molar-refractivity contribution in [2.75, 3.05) is 11.9 Å². The van der Waals surface area contributed by atoms with Gasteiger partial charge < -0.3 is 5.32 Å². The summed E-state index contributed by atoms with van der Waals surface area (Å²) in [5.41, 5.74) is 5.82. The van der Waals surface area contributed by atoms with Gasteiger partial charge in [0, 0.05) is 30.6 Å². The van der Waals surface area contributed by atoms with Crippen molar-refractivity contribution < 1.29 is 8.78 Å². The van der Waals surface area contributed by atoms with Crippen LogP contribution in [0.2, 0.25) is 5.02 Å². The Labute approximate surface area is 148 Å². The van der Waals surface area contributed by atoms with E-state index in [-0.39, 0.29) is 28.7 Å². The summed E-state index contributed by atoms with van der Waals surface area (Å²) in [6, 6.07) is 3.38. The van der Waals surface area contributed by atoms with E-state index in [1.54, 1.807) is 0 Å². The van der Waals surface area contributed by atoms with Gasteiger partial charge >= 0.3 is 0 Å². The molecule has 1 aliphatic rings. The Hall–Kier alpha value is -2.03. The normalized spacial score (nSPS) is 23.0. The summed E-state index contributed by atoms with van der Waals surface area (Å²) in [7, 11) is 0. The molecule has 0 bridgehead atoms. The third-order valence-corrected chi connectivity index (χ3v) is 4.77. The number of anilines is 1. The van der Waals surface area contributed by atoms with E-state index in [4.69, 9.17) is 11.6 Å². The summed E-state index contributed by atoms with van der Waals surface area (Å²) in [6.07, 6.45) is 1.36. The minimum absolute atomic E-state index is 0.0991. The van der Waals surface area contributed by atoms with Crippen LogP contribution in [0.25, 0.3) is 5.69 Å². The monoisotopic (exact) mass is 369 g/mol. The van der Waals surface area contributed by atoms with Crippen molar-refractivity contribution in [3.63, 3.8) is 0 Å². The number of hydrogen-bond acceptors (Lipinski definition) is 5. The van der Waals surface area contributed by atoms with Gasteiger partial charge in [0.15, 0.2) is 5.82 Å². The fourth-order valence-electron chi connectivity index (χ4n) is 2.87. The number of hydrogen-bond donors (Lipinski definition) is 3. The second-order valence-corrected chi connectivity index (χ2v) is 6.47. The summed E-state index contributed by atoms with van der Waals surface area (Å²) >= 11 is 6.13. The van der Waals surface area contributed by atoms with Gasteiger partial charge in [0.25, 0.3) is 5.56 Å². The average Bonchev–Trinajstić information content (AvgIpc) is 2.88. The highest BCUT2D eigenvalue weighted by atomic mass is 35.5. The lowest BCUT2D eigenvalue weighted by Gasteiger charge is -2.19. The Morgan fingerprint density at radius 3 is 2.60 bits per heavy atom. The smallest absolute Gasteiger partial charge is 0.292 e. The molecule has 2 aromatic rings. The Bertz CT molecular complexity index is 834. The SMILES string of the molecule is CC1NNC(C)C1CNc1cnn(-c2ccc(F)cc2F)c(=O)c1Cl. The first kappa shape index (κ1) is 17.8. The van der Waals surface area contributed by atoms with E-state index in [1.807, 2.05) is 0 Å². The van der Waals surface area contributed by atoms with E-state index < -0.39 is 17.2 Å². The molecule has 1 aromatic heterocycles. The molecule has 0 amide bonds. The maximum absolute atomic E-state index is 13.9. The van der Waals surface area contributed by atoms with E-state index in [1.165, 1.54) is 6.20 Å². The van der Waals surface area contributed by atoms with Gasteiger partial charge in [-0.1, -0.05) is 11.6 Å². The summed E-state index contributed by atoms with van der Waals surface area (Å²) in [4.78, 5) is 12.4. The van der Waals surface area contributed by atoms with Crippen molar-refractivity contribution in [2.45, 2.75) is 25.9 Å². The predicted octanol–water partition coefficient (Wildman–Crippen LogP) is 2.08. The van der Waals surface area contributed by atoms with Crippen molar-refractivity contribution in [3.05, 3.63) is 51.4 Å². The zero-order chi connectivity index (χ0) is 18.1. The molecule has 1 aromatic carbocycles. The van der Waals surface area contributed by atoms with E-state index in [2.05, 4.69) is 35.1 Å². The van der Waals surface area contributed by atoms with Gasteiger partial charge in [-0.25, -0.2) is 8.78 Å². The topological polar surface area (TPSA) is 71.0 Å². The number of halogens is 3. The molecule has 6 nitrogen and oxygen atoms in total. The van der Waals surface area contributed by atoms with Crippen LogP contribution in [0, 0.1) is 17.6 Å². The Morgan fingerprint density at radius 2 is 1.96 bits per heavy atom. The molecule has 2 atom stereocenters. The highest BCUT2D eigenvalue weighted by Gasteiger charge is 2.29. The molecule has 1 fully saturated rings. The first-order valence-corrected chi connectivity index (χ1v) is 8.24. The molecule has 3 N–H and O–H groups in total. The number of benzene rings is 1. The van der Waals surface area contributed by atoms with Gasteiger partial charge in [0.2, 0.25) is 0 Å². The van der Waals surface area contributed by atoms with Crippen LogP contribution < -0.4 is 21.7 Å². The summed E-state index contributed by atoms with van der Waals surface area (Å²) < 4.78 is 27.7. The van der Waals surface area contributed by atoms with E-state index in [9.17, 15) is 13.6 Å². The predicted molar refractivity (Wildman–Crippen MR) is 91.9 cm³/mol. The second kappa shape index (κ2) is 7.07. The fraction of sp³-hybridized carbons (Fsp3) is 0.375. The zero-order valence-corrected chi connectivity index (χ0v) is 14.4. The summed E-state index contributed by atoms with van der Waals surface area (Å²) in [6.45, 7) is 4.69. The molecular formula is C16H18ClF2N5O. The van der Waals surface area contributed by atoms with Gasteiger partial charge in [-0.05, 0) is 26.0 Å². The van der Waals surface area contributed by atoms with Crippen molar-refractivity contribution in [2.24, 2.45) is 5.92 Å². The molecule has 25 heavy (non-hydrogen) atoms. The first-order valence-electron chi connectivity index (χ1n) is 7.86. The van der Waals surface area contributed by atoms with Crippen LogP contribution in [0.15, 0.2) is 29.2 Å². The van der Waals surface area contributed by atoms with Crippen LogP contribution in [-0.2, 0) is 0 Å². The molecule has 0 saturated carbocycles. The number of nitrogens with zero attached hydrogens (tertiary/aromatic N) is 2. The van der Waals surface area contributed by atoms with Gasteiger partial charge in [0.05, 0.1) is 11.9 Å². The van der Waals surface area contributed by atoms with Gasteiger partial charge in [-0.3, -0.25) is 15.6 Å². The van der Waals surface area contributed by atoms with Crippen molar-refractivity contribution in [3.8, 4) is 5.69 Å². The minimum Gasteiger partial charge on any atom is -0.382 e. The first-order chi connectivity index (χ1) is 11.9. The number of nitrogens with one attached hydrogen (secondary N) is 3. The average molecular weight is 370 g/mol. The molecule has 0 radical (unpaired) electrons. The van der Waals surface area contributed by atoms with Crippen molar-refractivity contribution in [1.82, 2.24) is 20.6 Å². The highest BCUT2D eigenvalue weighted by molar-refractivity contribution is 6.32. The molecule has 1 saturated heterocycles. The molecule has 9 heteroatoms. The molecule has 134 valence electrons. The Kier molecular flexibility index (Phi) is 5.03. The molecule has 0 spiro atoms. The number of hydrazine groups is 1. The van der Waals surface area contributed by atoms with Crippen LogP contribution >= 0.6 is 11.6 Å². The van der Waals surface area contributed by atoms with Gasteiger partial charge in [-0.15, -0.1) is 0 Å². The third kappa shape index (κ3) is 3.51. The Morgan fingerprint density at radius 1 is 1.28 bits per heavy atom. The largest absolute Gasteiger partial charge is 0.382 e. The van der Waals surface area contributed by atoms with Crippen molar-refractivity contribution >= 4 is 17.3 Å². The summed E-state index contributed by atoms with van der Waals surface area (Å²) in [5.74, 6) is -1.34. The quantitative estimate of drug-likeness (QED) is 0.769. The standard InChI is InChI=1S/C16H18ClF2N5O/c1-8-11(9(2)23-22-8)6-20-13-7-21-24(16(25)15(13)17)14-4-3-10(18)5-12(14)19/h3-5,7-9,11,20,22-23H,6H2,1-2H3. The van der Waals surface area contributed by atoms with Crippen LogP contribution in [0.4, 0.5) is 14.5 Å². The molecule has 2 unspecified atom stereocenters. The van der Waals surface area contributed by atoms with Crippen LogP contribution in [0.1, 0.15) is 13.8 Å². The maximum Gasteiger partial charge on any atom is 0.292 e. The second-order valence-electron chi connectivity index (χ2n) is 6.10. The molecular weight excluding hydrogens is 352 g/mol. The van der Waals surface area contributed by atoms with E-state index in [0.717, 1.165) is 16.8 Å². The van der Waals surface area contributed by atoms with Crippen LogP contribution in [0.3, 0.4) is 0 Å².